The molecule has 0 fully saturated rings. The molecule has 0 radical (unpaired) electrons. The summed E-state index contributed by atoms with van der Waals surface area (Å²) in [5, 5.41) is 2.30. The number of rotatable bonds is 6. The first kappa shape index (κ1) is 13.7. The molecular formula is C4H12N2O6S2. The highest BCUT2D eigenvalue weighted by Gasteiger charge is 2.12. The molecule has 0 bridgehead atoms. The molecule has 0 aliphatic carbocycles. The smallest absolute Gasteiger partial charge is 0.267 e. The maximum atomic E-state index is 10.3. The zero-order chi connectivity index (χ0) is 11.4. The number of nitrogens with one attached hydrogen (secondary N) is 1. The summed E-state index contributed by atoms with van der Waals surface area (Å²) >= 11 is 0. The Kier molecular flexibility index (Phi) is 4.91. The van der Waals surface area contributed by atoms with E-state index in [0.29, 0.717) is 0 Å². The lowest BCUT2D eigenvalue weighted by Crippen LogP contribution is -2.44. The molecule has 0 aromatic rings. The predicted octanol–water partition coefficient (Wildman–Crippen LogP) is -2.36. The summed E-state index contributed by atoms with van der Waals surface area (Å²) in [6.45, 7) is -0.199. The molecule has 0 rings (SSSR count). The summed E-state index contributed by atoms with van der Waals surface area (Å²) in [6, 6.07) is 0. The first-order chi connectivity index (χ1) is 6.10. The van der Waals surface area contributed by atoms with E-state index in [9.17, 15) is 16.8 Å². The topological polar surface area (TPSA) is 147 Å². The fraction of sp³-hybridized carbons (Fsp3) is 1.00. The van der Waals surface area contributed by atoms with Crippen LogP contribution in [0, 0.1) is 0 Å². The lowest BCUT2D eigenvalue weighted by Gasteiger charge is -2.10. The van der Waals surface area contributed by atoms with Crippen molar-refractivity contribution in [1.29, 1.82) is 0 Å². The Hall–Kier alpha value is -0.260. The zero-order valence-electron chi connectivity index (χ0n) is 7.12. The second-order valence-electron chi connectivity index (χ2n) is 2.60. The molecule has 5 N–H and O–H groups in total. The van der Waals surface area contributed by atoms with Crippen molar-refractivity contribution in [2.24, 2.45) is 5.73 Å². The first-order valence-electron chi connectivity index (χ1n) is 3.49. The van der Waals surface area contributed by atoms with Gasteiger partial charge in [0.2, 0.25) is 0 Å². The van der Waals surface area contributed by atoms with Gasteiger partial charge in [0.1, 0.15) is 5.75 Å². The van der Waals surface area contributed by atoms with Gasteiger partial charge in [0.25, 0.3) is 20.2 Å². The van der Waals surface area contributed by atoms with Crippen molar-refractivity contribution in [2.45, 2.75) is 6.17 Å². The van der Waals surface area contributed by atoms with Crippen molar-refractivity contribution in [2.75, 3.05) is 18.1 Å². The molecule has 0 saturated heterocycles. The van der Waals surface area contributed by atoms with Crippen LogP contribution in [0.15, 0.2) is 0 Å². The monoisotopic (exact) mass is 248 g/mol. The van der Waals surface area contributed by atoms with E-state index in [4.69, 9.17) is 14.8 Å². The summed E-state index contributed by atoms with van der Waals surface area (Å²) in [6.07, 6.45) is -1.08. The fourth-order valence-electron chi connectivity index (χ4n) is 0.659. The Labute approximate surface area is 82.0 Å². The van der Waals surface area contributed by atoms with Crippen LogP contribution >= 0.6 is 0 Å². The van der Waals surface area contributed by atoms with Crippen molar-refractivity contribution in [1.82, 2.24) is 5.32 Å². The highest BCUT2D eigenvalue weighted by atomic mass is 32.2. The van der Waals surface area contributed by atoms with E-state index >= 15 is 0 Å². The molecule has 0 amide bonds. The van der Waals surface area contributed by atoms with E-state index in [1.807, 2.05) is 0 Å². The van der Waals surface area contributed by atoms with Crippen LogP contribution in [0.25, 0.3) is 0 Å². The third kappa shape index (κ3) is 9.83. The third-order valence-corrected chi connectivity index (χ3v) is 2.66. The normalized spacial score (nSPS) is 15.4. The molecule has 0 heterocycles. The van der Waals surface area contributed by atoms with Gasteiger partial charge in [-0.1, -0.05) is 0 Å². The van der Waals surface area contributed by atoms with Crippen molar-refractivity contribution >= 4 is 20.2 Å². The highest BCUT2D eigenvalue weighted by molar-refractivity contribution is 7.86. The van der Waals surface area contributed by atoms with Gasteiger partial charge in [-0.3, -0.25) is 9.11 Å². The summed E-state index contributed by atoms with van der Waals surface area (Å²) in [7, 11) is -8.28. The van der Waals surface area contributed by atoms with Crippen LogP contribution in [0.3, 0.4) is 0 Å². The Balaban J connectivity index is 3.82. The summed E-state index contributed by atoms with van der Waals surface area (Å²) in [5.41, 5.74) is 5.16. The number of hydrogen-bond acceptors (Lipinski definition) is 6. The summed E-state index contributed by atoms with van der Waals surface area (Å²) in [5.74, 6) is -1.30. The van der Waals surface area contributed by atoms with Crippen molar-refractivity contribution in [3.63, 3.8) is 0 Å². The van der Waals surface area contributed by atoms with E-state index in [2.05, 4.69) is 5.32 Å². The minimum Gasteiger partial charge on any atom is -0.315 e. The summed E-state index contributed by atoms with van der Waals surface area (Å²) in [4.78, 5) is 0. The highest BCUT2D eigenvalue weighted by Crippen LogP contribution is 1.85. The van der Waals surface area contributed by atoms with Crippen LogP contribution in [0.2, 0.25) is 0 Å². The van der Waals surface area contributed by atoms with Gasteiger partial charge >= 0.3 is 0 Å². The molecule has 86 valence electrons. The minimum atomic E-state index is -4.19. The van der Waals surface area contributed by atoms with Gasteiger partial charge in [0.15, 0.2) is 0 Å². The van der Waals surface area contributed by atoms with Crippen LogP contribution in [0.5, 0.6) is 0 Å². The molecule has 0 aromatic heterocycles. The Bertz CT molecular complexity index is 359. The molecule has 14 heavy (non-hydrogen) atoms. The van der Waals surface area contributed by atoms with Crippen molar-refractivity contribution < 1.29 is 25.9 Å². The molecule has 0 aliphatic rings. The standard InChI is InChI=1S/C4H12N2O6S2/c5-4(3-14(10,11)12)6-1-2-13(7,8)9/h4,6H,1-3,5H2,(H,7,8,9)(H,10,11,12). The van der Waals surface area contributed by atoms with Gasteiger partial charge in [0, 0.05) is 6.54 Å². The van der Waals surface area contributed by atoms with Crippen LogP contribution < -0.4 is 11.1 Å². The average Bonchev–Trinajstić information content (AvgIpc) is 1.78. The molecule has 1 atom stereocenters. The lowest BCUT2D eigenvalue weighted by atomic mass is 10.5. The van der Waals surface area contributed by atoms with E-state index < -0.39 is 37.9 Å². The molecule has 0 spiro atoms. The predicted molar refractivity (Wildman–Crippen MR) is 48.8 cm³/mol. The SMILES string of the molecule is NC(CS(=O)(=O)O)NCCS(=O)(=O)O. The third-order valence-electron chi connectivity index (χ3n) is 1.16. The molecule has 0 aromatic carbocycles. The first-order valence-corrected chi connectivity index (χ1v) is 6.71. The molecular weight excluding hydrogens is 236 g/mol. The van der Waals surface area contributed by atoms with Gasteiger partial charge in [-0.05, 0) is 0 Å². The van der Waals surface area contributed by atoms with Crippen LogP contribution in [-0.4, -0.2) is 50.2 Å². The number of nitrogens with two attached hydrogens (primary N) is 1. The second kappa shape index (κ2) is 5.00. The Morgan fingerprint density at radius 2 is 1.64 bits per heavy atom. The van der Waals surface area contributed by atoms with Gasteiger partial charge in [-0.15, -0.1) is 0 Å². The van der Waals surface area contributed by atoms with E-state index in [1.54, 1.807) is 0 Å². The van der Waals surface area contributed by atoms with E-state index in [0.717, 1.165) is 0 Å². The van der Waals surface area contributed by atoms with Gasteiger partial charge in [0.05, 0.1) is 11.9 Å². The van der Waals surface area contributed by atoms with Crippen molar-refractivity contribution in [3.8, 4) is 0 Å². The Morgan fingerprint density at radius 1 is 1.14 bits per heavy atom. The second-order valence-corrected chi connectivity index (χ2v) is 5.66. The van der Waals surface area contributed by atoms with E-state index in [1.165, 1.54) is 0 Å². The van der Waals surface area contributed by atoms with Gasteiger partial charge in [-0.25, -0.2) is 0 Å². The molecule has 1 unspecified atom stereocenters. The van der Waals surface area contributed by atoms with Crippen LogP contribution in [0.1, 0.15) is 0 Å². The molecule has 0 saturated carbocycles. The minimum absolute atomic E-state index is 0.199. The van der Waals surface area contributed by atoms with Crippen LogP contribution in [0.4, 0.5) is 0 Å². The van der Waals surface area contributed by atoms with E-state index in [-0.39, 0.29) is 6.54 Å². The maximum Gasteiger partial charge on any atom is 0.267 e. The Morgan fingerprint density at radius 3 is 2.00 bits per heavy atom. The van der Waals surface area contributed by atoms with Gasteiger partial charge in [-0.2, -0.15) is 16.8 Å². The quantitative estimate of drug-likeness (QED) is 0.301. The van der Waals surface area contributed by atoms with Crippen molar-refractivity contribution in [3.05, 3.63) is 0 Å². The molecule has 8 nitrogen and oxygen atoms in total. The largest absolute Gasteiger partial charge is 0.315 e. The van der Waals surface area contributed by atoms with Gasteiger partial charge < -0.3 is 11.1 Å². The number of hydrogen-bond donors (Lipinski definition) is 4. The molecule has 10 heteroatoms. The molecule has 0 aliphatic heterocycles. The lowest BCUT2D eigenvalue weighted by molar-refractivity contribution is 0.464. The average molecular weight is 248 g/mol. The maximum absolute atomic E-state index is 10.3. The fourth-order valence-corrected chi connectivity index (χ4v) is 1.61. The summed E-state index contributed by atoms with van der Waals surface area (Å²) < 4.78 is 57.6. The van der Waals surface area contributed by atoms with Crippen LogP contribution in [-0.2, 0) is 20.2 Å². The zero-order valence-corrected chi connectivity index (χ0v) is 8.75.